The highest BCUT2D eigenvalue weighted by molar-refractivity contribution is 6.30. The summed E-state index contributed by atoms with van der Waals surface area (Å²) in [6.07, 6.45) is 0. The van der Waals surface area contributed by atoms with Crippen LogP contribution >= 0.6 is 11.6 Å². The van der Waals surface area contributed by atoms with E-state index in [0.29, 0.717) is 0 Å². The van der Waals surface area contributed by atoms with E-state index in [1.54, 1.807) is 0 Å². The first-order valence-corrected chi connectivity index (χ1v) is 6.23. The molecule has 0 aliphatic carbocycles. The van der Waals surface area contributed by atoms with Gasteiger partial charge in [-0.15, -0.1) is 0 Å². The zero-order valence-electron chi connectivity index (χ0n) is 10.3. The Morgan fingerprint density at radius 2 is 1.83 bits per heavy atom. The predicted molar refractivity (Wildman–Crippen MR) is 76.0 cm³/mol. The molecule has 0 spiro atoms. The zero-order chi connectivity index (χ0) is 12.7. The van der Waals surface area contributed by atoms with Crippen molar-refractivity contribution in [1.29, 1.82) is 0 Å². The van der Waals surface area contributed by atoms with Crippen LogP contribution in [0.1, 0.15) is 11.1 Å². The molecule has 2 aromatic carbocycles. The van der Waals surface area contributed by atoms with E-state index in [-0.39, 0.29) is 0 Å². The first-order valence-electron chi connectivity index (χ1n) is 5.86. The molecule has 0 unspecified atom stereocenters. The second-order valence-corrected chi connectivity index (χ2v) is 5.06. The number of halogens is 1. The minimum absolute atomic E-state index is 0.738. The van der Waals surface area contributed by atoms with Crippen LogP contribution in [0.25, 0.3) is 22.4 Å². The molecule has 3 aromatic rings. The van der Waals surface area contributed by atoms with Crippen molar-refractivity contribution in [3.05, 3.63) is 52.5 Å². The van der Waals surface area contributed by atoms with Crippen LogP contribution in [0.15, 0.2) is 36.4 Å². The smallest absolute Gasteiger partial charge is 0.138 e. The molecule has 90 valence electrons. The second-order valence-electron chi connectivity index (χ2n) is 4.62. The van der Waals surface area contributed by atoms with Crippen molar-refractivity contribution in [1.82, 2.24) is 9.97 Å². The number of aryl methyl sites for hydroxylation is 2. The Labute approximate surface area is 111 Å². The molecule has 0 amide bonds. The minimum atomic E-state index is 0.738. The maximum Gasteiger partial charge on any atom is 0.138 e. The van der Waals surface area contributed by atoms with Crippen LogP contribution in [-0.4, -0.2) is 9.97 Å². The van der Waals surface area contributed by atoms with Gasteiger partial charge in [-0.25, -0.2) is 4.98 Å². The monoisotopic (exact) mass is 256 g/mol. The van der Waals surface area contributed by atoms with E-state index in [2.05, 4.69) is 35.1 Å². The lowest BCUT2D eigenvalue weighted by Crippen LogP contribution is -1.82. The Kier molecular flexibility index (Phi) is 2.60. The van der Waals surface area contributed by atoms with Crippen molar-refractivity contribution in [3.63, 3.8) is 0 Å². The standard InChI is InChI=1S/C15H13ClN2/c1-9-3-4-13-14(7-9)18-15(17-13)11-5-10(2)6-12(16)8-11/h3-8H,1-2H3,(H,17,18). The number of hydrogen-bond acceptors (Lipinski definition) is 1. The molecule has 0 aliphatic heterocycles. The molecule has 0 atom stereocenters. The average Bonchev–Trinajstić information content (AvgIpc) is 2.70. The lowest BCUT2D eigenvalue weighted by molar-refractivity contribution is 1.32. The molecule has 3 rings (SSSR count). The van der Waals surface area contributed by atoms with Crippen molar-refractivity contribution in [2.24, 2.45) is 0 Å². The van der Waals surface area contributed by atoms with Gasteiger partial charge in [0, 0.05) is 10.6 Å². The number of imidazole rings is 1. The Hall–Kier alpha value is -1.80. The van der Waals surface area contributed by atoms with E-state index >= 15 is 0 Å². The van der Waals surface area contributed by atoms with Gasteiger partial charge in [0.25, 0.3) is 0 Å². The summed E-state index contributed by atoms with van der Waals surface area (Å²) in [4.78, 5) is 7.93. The Bertz CT molecular complexity index is 708. The van der Waals surface area contributed by atoms with Crippen molar-refractivity contribution >= 4 is 22.6 Å². The van der Waals surface area contributed by atoms with E-state index in [1.807, 2.05) is 25.1 Å². The first kappa shape index (κ1) is 11.3. The summed E-state index contributed by atoms with van der Waals surface area (Å²) >= 11 is 6.08. The largest absolute Gasteiger partial charge is 0.338 e. The molecule has 0 saturated heterocycles. The second kappa shape index (κ2) is 4.14. The van der Waals surface area contributed by atoms with Gasteiger partial charge in [0.15, 0.2) is 0 Å². The number of fused-ring (bicyclic) bond motifs is 1. The zero-order valence-corrected chi connectivity index (χ0v) is 11.0. The van der Waals surface area contributed by atoms with E-state index in [9.17, 15) is 0 Å². The van der Waals surface area contributed by atoms with Crippen molar-refractivity contribution < 1.29 is 0 Å². The molecule has 0 bridgehead atoms. The molecule has 1 aromatic heterocycles. The lowest BCUT2D eigenvalue weighted by atomic mass is 10.1. The molecule has 0 fully saturated rings. The molecule has 0 aliphatic rings. The topological polar surface area (TPSA) is 28.7 Å². The van der Waals surface area contributed by atoms with E-state index in [1.165, 1.54) is 5.56 Å². The maximum absolute atomic E-state index is 6.08. The number of nitrogens with zero attached hydrogens (tertiary/aromatic N) is 1. The summed E-state index contributed by atoms with van der Waals surface area (Å²) in [5.74, 6) is 0.862. The normalized spacial score (nSPS) is 11.1. The molecule has 1 heterocycles. The fourth-order valence-electron chi connectivity index (χ4n) is 2.13. The third-order valence-electron chi connectivity index (χ3n) is 2.95. The number of H-pyrrole nitrogens is 1. The van der Waals surface area contributed by atoms with Gasteiger partial charge in [-0.2, -0.15) is 0 Å². The Morgan fingerprint density at radius 3 is 2.61 bits per heavy atom. The minimum Gasteiger partial charge on any atom is -0.338 e. The van der Waals surface area contributed by atoms with Gasteiger partial charge in [0.05, 0.1) is 11.0 Å². The molecular weight excluding hydrogens is 244 g/mol. The van der Waals surface area contributed by atoms with Crippen LogP contribution in [0.5, 0.6) is 0 Å². The first-order chi connectivity index (χ1) is 8.61. The van der Waals surface area contributed by atoms with Crippen LogP contribution in [-0.2, 0) is 0 Å². The fraction of sp³-hybridized carbons (Fsp3) is 0.133. The van der Waals surface area contributed by atoms with Crippen molar-refractivity contribution in [3.8, 4) is 11.4 Å². The number of rotatable bonds is 1. The van der Waals surface area contributed by atoms with E-state index in [0.717, 1.165) is 33.0 Å². The van der Waals surface area contributed by atoms with Crippen LogP contribution in [0, 0.1) is 13.8 Å². The molecule has 0 radical (unpaired) electrons. The van der Waals surface area contributed by atoms with Crippen LogP contribution in [0.3, 0.4) is 0 Å². The third-order valence-corrected chi connectivity index (χ3v) is 3.17. The number of aromatic nitrogens is 2. The quantitative estimate of drug-likeness (QED) is 0.682. The summed E-state index contributed by atoms with van der Waals surface area (Å²) in [5.41, 5.74) is 5.42. The Balaban J connectivity index is 2.19. The van der Waals surface area contributed by atoms with E-state index in [4.69, 9.17) is 11.6 Å². The van der Waals surface area contributed by atoms with Gasteiger partial charge >= 0.3 is 0 Å². The number of hydrogen-bond donors (Lipinski definition) is 1. The predicted octanol–water partition coefficient (Wildman–Crippen LogP) is 4.50. The highest BCUT2D eigenvalue weighted by Crippen LogP contribution is 2.25. The average molecular weight is 257 g/mol. The highest BCUT2D eigenvalue weighted by Gasteiger charge is 2.06. The lowest BCUT2D eigenvalue weighted by Gasteiger charge is -2.00. The van der Waals surface area contributed by atoms with E-state index < -0.39 is 0 Å². The fourth-order valence-corrected chi connectivity index (χ4v) is 2.42. The summed E-state index contributed by atoms with van der Waals surface area (Å²) in [7, 11) is 0. The van der Waals surface area contributed by atoms with Gasteiger partial charge in [0.2, 0.25) is 0 Å². The molecule has 0 saturated carbocycles. The number of nitrogens with one attached hydrogen (secondary N) is 1. The molecule has 2 nitrogen and oxygen atoms in total. The van der Waals surface area contributed by atoms with Crippen molar-refractivity contribution in [2.45, 2.75) is 13.8 Å². The Morgan fingerprint density at radius 1 is 1.00 bits per heavy atom. The summed E-state index contributed by atoms with van der Waals surface area (Å²) in [6, 6.07) is 12.1. The van der Waals surface area contributed by atoms with Gasteiger partial charge in [-0.1, -0.05) is 17.7 Å². The van der Waals surface area contributed by atoms with Crippen LogP contribution < -0.4 is 0 Å². The third kappa shape index (κ3) is 2.00. The number of benzene rings is 2. The van der Waals surface area contributed by atoms with Crippen LogP contribution in [0.4, 0.5) is 0 Å². The molecule has 3 heteroatoms. The van der Waals surface area contributed by atoms with Crippen LogP contribution in [0.2, 0.25) is 5.02 Å². The summed E-state index contributed by atoms with van der Waals surface area (Å²) in [5, 5.41) is 0.738. The summed E-state index contributed by atoms with van der Waals surface area (Å²) < 4.78 is 0. The highest BCUT2D eigenvalue weighted by atomic mass is 35.5. The van der Waals surface area contributed by atoms with Gasteiger partial charge in [-0.05, 0) is 55.3 Å². The molecule has 18 heavy (non-hydrogen) atoms. The molecular formula is C15H13ClN2. The molecule has 1 N–H and O–H groups in total. The van der Waals surface area contributed by atoms with Gasteiger partial charge in [0.1, 0.15) is 5.82 Å². The summed E-state index contributed by atoms with van der Waals surface area (Å²) in [6.45, 7) is 4.10. The van der Waals surface area contributed by atoms with Gasteiger partial charge in [-0.3, -0.25) is 0 Å². The van der Waals surface area contributed by atoms with Gasteiger partial charge < -0.3 is 4.98 Å². The maximum atomic E-state index is 6.08. The van der Waals surface area contributed by atoms with Crippen molar-refractivity contribution in [2.75, 3.05) is 0 Å². The SMILES string of the molecule is Cc1cc(Cl)cc(-c2nc3ccc(C)cc3[nH]2)c1. The number of aromatic amines is 1.